The average Bonchev–Trinajstić information content (AvgIpc) is 3.50. The van der Waals surface area contributed by atoms with E-state index in [1.165, 1.54) is 29.8 Å². The van der Waals surface area contributed by atoms with Crippen molar-refractivity contribution in [3.05, 3.63) is 65.2 Å². The predicted molar refractivity (Wildman–Crippen MR) is 103 cm³/mol. The Labute approximate surface area is 163 Å². The van der Waals surface area contributed by atoms with Crippen LogP contribution in [0, 0.1) is 0 Å². The summed E-state index contributed by atoms with van der Waals surface area (Å²) in [5.41, 5.74) is 3.86. The fourth-order valence-electron chi connectivity index (χ4n) is 2.86. The highest BCUT2D eigenvalue weighted by Gasteiger charge is 2.26. The molecule has 28 heavy (non-hydrogen) atoms. The Hall–Kier alpha value is -2.91. The maximum absolute atomic E-state index is 12.5. The van der Waals surface area contributed by atoms with E-state index in [9.17, 15) is 18.0 Å². The van der Waals surface area contributed by atoms with Crippen molar-refractivity contribution in [3.8, 4) is 0 Å². The molecule has 4 N–H and O–H groups in total. The second-order valence-corrected chi connectivity index (χ2v) is 8.52. The van der Waals surface area contributed by atoms with Crippen molar-refractivity contribution in [1.29, 1.82) is 0 Å². The van der Waals surface area contributed by atoms with Crippen LogP contribution in [0.4, 0.5) is 5.69 Å². The number of hydroxylamine groups is 1. The number of amides is 2. The number of anilines is 1. The highest BCUT2D eigenvalue weighted by molar-refractivity contribution is 7.92. The first-order valence-corrected chi connectivity index (χ1v) is 10.6. The third-order valence-electron chi connectivity index (χ3n) is 4.42. The van der Waals surface area contributed by atoms with Crippen molar-refractivity contribution in [2.45, 2.75) is 24.8 Å². The minimum atomic E-state index is -3.42. The molecule has 2 aromatic carbocycles. The molecule has 2 amide bonds. The van der Waals surface area contributed by atoms with Gasteiger partial charge in [0.1, 0.15) is 6.04 Å². The lowest BCUT2D eigenvalue weighted by Gasteiger charge is -2.18. The highest BCUT2D eigenvalue weighted by atomic mass is 32.2. The van der Waals surface area contributed by atoms with Crippen molar-refractivity contribution in [2.75, 3.05) is 11.0 Å². The maximum Gasteiger partial charge on any atom is 0.270 e. The quantitative estimate of drug-likeness (QED) is 0.415. The SMILES string of the molecule is CS(=O)(=O)Nc1ccc(C(=O)NC(C(=O)NO)c2ccc(C3CC3)cc2)cc1. The zero-order valence-corrected chi connectivity index (χ0v) is 16.0. The molecule has 0 saturated heterocycles. The van der Waals surface area contributed by atoms with Crippen molar-refractivity contribution in [3.63, 3.8) is 0 Å². The molecule has 3 rings (SSSR count). The summed E-state index contributed by atoms with van der Waals surface area (Å²) in [6.07, 6.45) is 3.34. The molecule has 0 bridgehead atoms. The first-order valence-electron chi connectivity index (χ1n) is 8.69. The number of nitrogens with one attached hydrogen (secondary N) is 3. The molecular formula is C19H21N3O5S. The summed E-state index contributed by atoms with van der Waals surface area (Å²) in [5.74, 6) is -0.735. The Morgan fingerprint density at radius 2 is 1.64 bits per heavy atom. The molecule has 2 aromatic rings. The van der Waals surface area contributed by atoms with Gasteiger partial charge in [0.2, 0.25) is 10.0 Å². The fraction of sp³-hybridized carbons (Fsp3) is 0.263. The van der Waals surface area contributed by atoms with Gasteiger partial charge in [-0.1, -0.05) is 24.3 Å². The molecule has 1 aliphatic rings. The zero-order valence-electron chi connectivity index (χ0n) is 15.2. The summed E-state index contributed by atoms with van der Waals surface area (Å²) < 4.78 is 24.8. The summed E-state index contributed by atoms with van der Waals surface area (Å²) >= 11 is 0. The third kappa shape index (κ3) is 5.08. The largest absolute Gasteiger partial charge is 0.336 e. The summed E-state index contributed by atoms with van der Waals surface area (Å²) in [6.45, 7) is 0. The molecule has 1 saturated carbocycles. The number of sulfonamides is 1. The average molecular weight is 403 g/mol. The molecule has 8 nitrogen and oxygen atoms in total. The van der Waals surface area contributed by atoms with Crippen LogP contribution in [0.2, 0.25) is 0 Å². The van der Waals surface area contributed by atoms with E-state index < -0.39 is 27.9 Å². The number of benzene rings is 2. The number of hydrogen-bond acceptors (Lipinski definition) is 5. The molecule has 1 atom stereocenters. The van der Waals surface area contributed by atoms with Crippen LogP contribution >= 0.6 is 0 Å². The van der Waals surface area contributed by atoms with Crippen LogP contribution in [0.5, 0.6) is 0 Å². The van der Waals surface area contributed by atoms with Crippen LogP contribution in [-0.2, 0) is 14.8 Å². The lowest BCUT2D eigenvalue weighted by atomic mass is 10.0. The second-order valence-electron chi connectivity index (χ2n) is 6.78. The molecule has 9 heteroatoms. The van der Waals surface area contributed by atoms with E-state index in [2.05, 4.69) is 10.0 Å². The molecular weight excluding hydrogens is 382 g/mol. The normalized spacial score (nSPS) is 14.8. The summed E-state index contributed by atoms with van der Waals surface area (Å²) in [6, 6.07) is 12.0. The van der Waals surface area contributed by atoms with Gasteiger partial charge >= 0.3 is 0 Å². The standard InChI is InChI=1S/C19H21N3O5S/c1-28(26,27)22-16-10-8-15(9-11-16)18(23)20-17(19(24)21-25)14-6-4-13(5-7-14)12-2-3-12/h4-12,17,22,25H,2-3H2,1H3,(H,20,23)(H,21,24). The number of rotatable bonds is 7. The lowest BCUT2D eigenvalue weighted by Crippen LogP contribution is -2.39. The molecule has 1 aliphatic carbocycles. The van der Waals surface area contributed by atoms with E-state index >= 15 is 0 Å². The van der Waals surface area contributed by atoms with Crippen LogP contribution in [0.15, 0.2) is 48.5 Å². The van der Waals surface area contributed by atoms with Crippen LogP contribution in [-0.4, -0.2) is 31.7 Å². The topological polar surface area (TPSA) is 125 Å². The van der Waals surface area contributed by atoms with Crippen molar-refractivity contribution >= 4 is 27.5 Å². The Morgan fingerprint density at radius 3 is 2.14 bits per heavy atom. The highest BCUT2D eigenvalue weighted by Crippen LogP contribution is 2.40. The first kappa shape index (κ1) is 19.8. The van der Waals surface area contributed by atoms with Gasteiger partial charge in [-0.05, 0) is 54.2 Å². The zero-order chi connectivity index (χ0) is 20.3. The van der Waals surface area contributed by atoms with Crippen LogP contribution in [0.3, 0.4) is 0 Å². The van der Waals surface area contributed by atoms with E-state index in [-0.39, 0.29) is 5.56 Å². The molecule has 0 heterocycles. The minimum Gasteiger partial charge on any atom is -0.336 e. The van der Waals surface area contributed by atoms with Gasteiger partial charge < -0.3 is 5.32 Å². The molecule has 148 valence electrons. The maximum atomic E-state index is 12.5. The number of carbonyl (C=O) groups excluding carboxylic acids is 2. The monoisotopic (exact) mass is 403 g/mol. The smallest absolute Gasteiger partial charge is 0.270 e. The van der Waals surface area contributed by atoms with Gasteiger partial charge in [-0.3, -0.25) is 19.5 Å². The van der Waals surface area contributed by atoms with Crippen molar-refractivity contribution in [2.24, 2.45) is 0 Å². The number of carbonyl (C=O) groups is 2. The Morgan fingerprint density at radius 1 is 1.04 bits per heavy atom. The van der Waals surface area contributed by atoms with Gasteiger partial charge in [-0.15, -0.1) is 0 Å². The van der Waals surface area contributed by atoms with E-state index in [1.54, 1.807) is 17.6 Å². The van der Waals surface area contributed by atoms with Gasteiger partial charge in [-0.2, -0.15) is 0 Å². The summed E-state index contributed by atoms with van der Waals surface area (Å²) in [7, 11) is -3.42. The molecule has 0 aliphatic heterocycles. The van der Waals surface area contributed by atoms with Crippen LogP contribution in [0.25, 0.3) is 0 Å². The van der Waals surface area contributed by atoms with Gasteiger partial charge in [0.25, 0.3) is 11.8 Å². The Kier molecular flexibility index (Phi) is 5.66. The summed E-state index contributed by atoms with van der Waals surface area (Å²) in [5, 5.41) is 11.6. The van der Waals surface area contributed by atoms with E-state index in [4.69, 9.17) is 5.21 Å². The lowest BCUT2D eigenvalue weighted by molar-refractivity contribution is -0.131. The van der Waals surface area contributed by atoms with Gasteiger partial charge in [-0.25, -0.2) is 13.9 Å². The predicted octanol–water partition coefficient (Wildman–Crippen LogP) is 1.91. The third-order valence-corrected chi connectivity index (χ3v) is 5.02. The van der Waals surface area contributed by atoms with Gasteiger partial charge in [0, 0.05) is 11.3 Å². The Balaban J connectivity index is 1.74. The fourth-order valence-corrected chi connectivity index (χ4v) is 3.42. The van der Waals surface area contributed by atoms with Gasteiger partial charge in [0.15, 0.2) is 0 Å². The van der Waals surface area contributed by atoms with E-state index in [1.807, 2.05) is 12.1 Å². The summed E-state index contributed by atoms with van der Waals surface area (Å²) in [4.78, 5) is 24.6. The van der Waals surface area contributed by atoms with Crippen molar-refractivity contribution in [1.82, 2.24) is 10.8 Å². The van der Waals surface area contributed by atoms with Gasteiger partial charge in [0.05, 0.1) is 6.26 Å². The molecule has 0 aromatic heterocycles. The van der Waals surface area contributed by atoms with E-state index in [0.717, 1.165) is 19.1 Å². The van der Waals surface area contributed by atoms with Crippen molar-refractivity contribution < 1.29 is 23.2 Å². The van der Waals surface area contributed by atoms with E-state index in [0.29, 0.717) is 17.2 Å². The second kappa shape index (κ2) is 7.99. The molecule has 1 unspecified atom stereocenters. The van der Waals surface area contributed by atoms with Crippen LogP contribution in [0.1, 0.15) is 46.3 Å². The molecule has 0 spiro atoms. The first-order chi connectivity index (χ1) is 13.3. The molecule has 0 radical (unpaired) electrons. The number of hydrogen-bond donors (Lipinski definition) is 4. The minimum absolute atomic E-state index is 0.240. The molecule has 1 fully saturated rings. The van der Waals surface area contributed by atoms with Crippen LogP contribution < -0.4 is 15.5 Å². The Bertz CT molecular complexity index is 968.